The summed E-state index contributed by atoms with van der Waals surface area (Å²) in [5, 5.41) is 4.78. The van der Waals surface area contributed by atoms with Crippen LogP contribution < -0.4 is 0 Å². The van der Waals surface area contributed by atoms with Crippen LogP contribution >= 0.6 is 0 Å². The summed E-state index contributed by atoms with van der Waals surface area (Å²) in [6.45, 7) is 4.76. The maximum atomic E-state index is 5.34. The third-order valence-electron chi connectivity index (χ3n) is 13.5. The highest BCUT2D eigenvalue weighted by atomic mass is 14.9. The monoisotopic (exact) mass is 828 g/mol. The highest BCUT2D eigenvalue weighted by Crippen LogP contribution is 2.53. The Hall–Kier alpha value is -8.20. The average Bonchev–Trinajstić information content (AvgIpc) is 3.61. The molecule has 0 fully saturated rings. The smallest absolute Gasteiger partial charge is 0.160 e. The number of nitrogens with zero attached hydrogens (tertiary/aromatic N) is 2. The molecule has 11 aromatic rings. The minimum absolute atomic E-state index is 0.160. The van der Waals surface area contributed by atoms with Gasteiger partial charge in [0.05, 0.1) is 11.4 Å². The van der Waals surface area contributed by atoms with E-state index in [-0.39, 0.29) is 5.41 Å². The molecule has 0 spiro atoms. The maximum absolute atomic E-state index is 5.34. The van der Waals surface area contributed by atoms with E-state index in [1.54, 1.807) is 0 Å². The van der Waals surface area contributed by atoms with Crippen molar-refractivity contribution in [1.82, 2.24) is 9.97 Å². The van der Waals surface area contributed by atoms with Crippen LogP contribution in [0.1, 0.15) is 25.0 Å². The van der Waals surface area contributed by atoms with Gasteiger partial charge in [-0.05, 0) is 119 Å². The van der Waals surface area contributed by atoms with Crippen molar-refractivity contribution < 1.29 is 0 Å². The van der Waals surface area contributed by atoms with Crippen molar-refractivity contribution in [2.24, 2.45) is 0 Å². The normalized spacial score (nSPS) is 12.6. The molecular weight excluding hydrogens is 785 g/mol. The quantitative estimate of drug-likeness (QED) is 0.160. The Bertz CT molecular complexity index is 3620. The fraction of sp³-hybridized carbons (Fsp3) is 0.0476. The predicted molar refractivity (Wildman–Crippen MR) is 273 cm³/mol. The van der Waals surface area contributed by atoms with Gasteiger partial charge in [0.15, 0.2) is 5.82 Å². The molecule has 65 heavy (non-hydrogen) atoms. The lowest BCUT2D eigenvalue weighted by Gasteiger charge is -2.25. The predicted octanol–water partition coefficient (Wildman–Crippen LogP) is 16.8. The number of benzene rings is 10. The van der Waals surface area contributed by atoms with Crippen LogP contribution in [0.2, 0.25) is 0 Å². The van der Waals surface area contributed by atoms with Crippen LogP contribution in [-0.4, -0.2) is 9.97 Å². The van der Waals surface area contributed by atoms with Crippen LogP contribution in [0, 0.1) is 0 Å². The molecule has 0 saturated carbocycles. The zero-order chi connectivity index (χ0) is 43.5. The number of hydrogen-bond donors (Lipinski definition) is 0. The molecule has 0 N–H and O–H groups in total. The SMILES string of the molecule is CC1(C)c2ccccc2-c2cccc(-c3cc(-c4ccc5ccccc5c4)cc(-c4ccc(-c5cc(-c6ccccc6-c6ccccc6)nc(-c6ccccc6)n5)c5ccccc45)c3)c21. The van der Waals surface area contributed by atoms with Crippen molar-refractivity contribution in [3.05, 3.63) is 242 Å². The van der Waals surface area contributed by atoms with Crippen molar-refractivity contribution >= 4 is 21.5 Å². The summed E-state index contributed by atoms with van der Waals surface area (Å²) in [5.74, 6) is 0.697. The van der Waals surface area contributed by atoms with Gasteiger partial charge in [-0.1, -0.05) is 214 Å². The number of aromatic nitrogens is 2. The molecule has 1 heterocycles. The van der Waals surface area contributed by atoms with Gasteiger partial charge in [0, 0.05) is 22.1 Å². The van der Waals surface area contributed by atoms with Gasteiger partial charge in [0.2, 0.25) is 0 Å². The Morgan fingerprint density at radius 2 is 0.831 bits per heavy atom. The fourth-order valence-electron chi connectivity index (χ4n) is 10.4. The number of fused-ring (bicyclic) bond motifs is 5. The van der Waals surface area contributed by atoms with Gasteiger partial charge in [0.1, 0.15) is 0 Å². The molecule has 1 aromatic heterocycles. The van der Waals surface area contributed by atoms with E-state index in [1.807, 2.05) is 6.07 Å². The second kappa shape index (κ2) is 15.6. The van der Waals surface area contributed by atoms with Crippen molar-refractivity contribution in [3.63, 3.8) is 0 Å². The molecule has 0 unspecified atom stereocenters. The summed E-state index contributed by atoms with van der Waals surface area (Å²) in [6.07, 6.45) is 0. The zero-order valence-corrected chi connectivity index (χ0v) is 36.3. The molecule has 2 heteroatoms. The summed E-state index contributed by atoms with van der Waals surface area (Å²) < 4.78 is 0. The Balaban J connectivity index is 1.07. The maximum Gasteiger partial charge on any atom is 0.160 e. The van der Waals surface area contributed by atoms with Crippen molar-refractivity contribution in [2.45, 2.75) is 19.3 Å². The third kappa shape index (κ3) is 6.65. The Kier molecular flexibility index (Phi) is 9.21. The van der Waals surface area contributed by atoms with Crippen molar-refractivity contribution in [2.75, 3.05) is 0 Å². The van der Waals surface area contributed by atoms with E-state index in [9.17, 15) is 0 Å². The Labute approximate surface area is 380 Å². The number of rotatable bonds is 7. The summed E-state index contributed by atoms with van der Waals surface area (Å²) in [5.41, 5.74) is 19.6. The first-order valence-electron chi connectivity index (χ1n) is 22.5. The lowest BCUT2D eigenvalue weighted by Crippen LogP contribution is -2.16. The minimum Gasteiger partial charge on any atom is -0.228 e. The molecule has 306 valence electrons. The molecule has 0 amide bonds. The topological polar surface area (TPSA) is 25.8 Å². The van der Waals surface area contributed by atoms with Gasteiger partial charge in [-0.2, -0.15) is 0 Å². The molecule has 0 atom stereocenters. The van der Waals surface area contributed by atoms with Crippen molar-refractivity contribution in [1.29, 1.82) is 0 Å². The van der Waals surface area contributed by atoms with Gasteiger partial charge in [-0.15, -0.1) is 0 Å². The fourth-order valence-corrected chi connectivity index (χ4v) is 10.4. The van der Waals surface area contributed by atoms with E-state index in [1.165, 1.54) is 71.8 Å². The average molecular weight is 829 g/mol. The van der Waals surface area contributed by atoms with Crippen LogP contribution in [-0.2, 0) is 5.41 Å². The number of hydrogen-bond acceptors (Lipinski definition) is 2. The molecule has 0 saturated heterocycles. The highest BCUT2D eigenvalue weighted by molar-refractivity contribution is 6.06. The van der Waals surface area contributed by atoms with Crippen LogP contribution in [0.15, 0.2) is 231 Å². The summed E-state index contributed by atoms with van der Waals surface area (Å²) in [7, 11) is 0. The van der Waals surface area contributed by atoms with Crippen molar-refractivity contribution in [3.8, 4) is 89.5 Å². The van der Waals surface area contributed by atoms with Crippen LogP contribution in [0.3, 0.4) is 0 Å². The Morgan fingerprint density at radius 3 is 1.60 bits per heavy atom. The summed E-state index contributed by atoms with van der Waals surface area (Å²) in [4.78, 5) is 10.6. The lowest BCUT2D eigenvalue weighted by molar-refractivity contribution is 0.662. The molecule has 0 radical (unpaired) electrons. The minimum atomic E-state index is -0.160. The third-order valence-corrected chi connectivity index (χ3v) is 13.5. The Morgan fingerprint density at radius 1 is 0.292 bits per heavy atom. The van der Waals surface area contributed by atoms with Gasteiger partial charge in [0.25, 0.3) is 0 Å². The van der Waals surface area contributed by atoms with E-state index in [4.69, 9.17) is 9.97 Å². The molecule has 0 bridgehead atoms. The van der Waals surface area contributed by atoms with Crippen LogP contribution in [0.4, 0.5) is 0 Å². The van der Waals surface area contributed by atoms with Gasteiger partial charge < -0.3 is 0 Å². The molecule has 1 aliphatic carbocycles. The standard InChI is InChI=1S/C63H44N2/c1-63(2)58-31-16-15-27-54(58)57-30-17-29-51(61(57)63)48-38-46(45-33-32-41-18-9-10-23-44(41)36-45)37-47(39-48)50-34-35-56(53-26-13-12-25-52(50)53)60-40-59(64-62(65-60)43-21-7-4-8-22-43)55-28-14-11-24-49(55)42-19-5-3-6-20-42/h3-40H,1-2H3. The molecular formula is C63H44N2. The second-order valence-corrected chi connectivity index (χ2v) is 17.7. The molecule has 12 rings (SSSR count). The first-order chi connectivity index (χ1) is 32.0. The van der Waals surface area contributed by atoms with E-state index in [0.717, 1.165) is 44.6 Å². The van der Waals surface area contributed by atoms with Crippen LogP contribution in [0.25, 0.3) is 111 Å². The van der Waals surface area contributed by atoms with E-state index >= 15 is 0 Å². The van der Waals surface area contributed by atoms with E-state index in [0.29, 0.717) is 5.82 Å². The first kappa shape index (κ1) is 38.5. The largest absolute Gasteiger partial charge is 0.228 e. The molecule has 10 aromatic carbocycles. The van der Waals surface area contributed by atoms with E-state index < -0.39 is 0 Å². The molecule has 1 aliphatic rings. The first-order valence-corrected chi connectivity index (χ1v) is 22.5. The lowest BCUT2D eigenvalue weighted by atomic mass is 9.78. The van der Waals surface area contributed by atoms with Gasteiger partial charge in [-0.3, -0.25) is 0 Å². The van der Waals surface area contributed by atoms with Gasteiger partial charge in [-0.25, -0.2) is 9.97 Å². The second-order valence-electron chi connectivity index (χ2n) is 17.7. The molecule has 2 nitrogen and oxygen atoms in total. The van der Waals surface area contributed by atoms with Crippen LogP contribution in [0.5, 0.6) is 0 Å². The summed E-state index contributed by atoms with van der Waals surface area (Å²) >= 11 is 0. The zero-order valence-electron chi connectivity index (χ0n) is 36.3. The molecule has 0 aliphatic heterocycles. The van der Waals surface area contributed by atoms with E-state index in [2.05, 4.69) is 238 Å². The van der Waals surface area contributed by atoms with Gasteiger partial charge >= 0.3 is 0 Å². The highest BCUT2D eigenvalue weighted by Gasteiger charge is 2.37. The summed E-state index contributed by atoms with van der Waals surface area (Å²) in [6, 6.07) is 83.5.